The molecule has 1 unspecified atom stereocenters. The lowest BCUT2D eigenvalue weighted by Crippen LogP contribution is -2.52. The number of hydrogen-bond acceptors (Lipinski definition) is 5. The van der Waals surface area contributed by atoms with Gasteiger partial charge in [-0.15, -0.1) is 0 Å². The maximum Gasteiger partial charge on any atom is 0.0547 e. The molecule has 29 heavy (non-hydrogen) atoms. The van der Waals surface area contributed by atoms with Gasteiger partial charge in [0.15, 0.2) is 0 Å². The number of hydrogen-bond donors (Lipinski definition) is 2. The molecule has 2 fully saturated rings. The Balaban J connectivity index is 1.39. The zero-order valence-electron chi connectivity index (χ0n) is 17.7. The first-order chi connectivity index (χ1) is 14.2. The van der Waals surface area contributed by atoms with E-state index in [-0.39, 0.29) is 6.61 Å². The number of aromatic amines is 1. The number of rotatable bonds is 7. The van der Waals surface area contributed by atoms with E-state index in [2.05, 4.69) is 37.1 Å². The zero-order valence-corrected chi connectivity index (χ0v) is 17.7. The fraction of sp³-hybridized carbons (Fsp3) is 0.652. The summed E-state index contributed by atoms with van der Waals surface area (Å²) in [5.74, 6) is 0.656. The van der Waals surface area contributed by atoms with Crippen LogP contribution in [0, 0.1) is 6.92 Å². The van der Waals surface area contributed by atoms with E-state index in [0.717, 1.165) is 50.5 Å². The average molecular weight is 398 g/mol. The van der Waals surface area contributed by atoms with Gasteiger partial charge in [-0.1, -0.05) is 25.3 Å². The molecule has 2 aromatic heterocycles. The topological polar surface area (TPSA) is 68.3 Å². The Morgan fingerprint density at radius 1 is 1.14 bits per heavy atom. The first-order valence-corrected chi connectivity index (χ1v) is 11.2. The van der Waals surface area contributed by atoms with Gasteiger partial charge in [-0.05, 0) is 38.3 Å². The molecule has 1 aliphatic carbocycles. The van der Waals surface area contributed by atoms with Crippen LogP contribution in [0.25, 0.3) is 0 Å². The standard InChI is InChI=1S/C23H35N5O/c1-18-6-5-9-21(25-18)16-28-12-11-27(17-22(28)10-13-29)15-20-14-24-26-23(20)19-7-3-2-4-8-19/h5-6,9,14,19,22,29H,2-4,7-8,10-13,15-17H2,1H3,(H,24,26). The average Bonchev–Trinajstić information content (AvgIpc) is 3.19. The molecule has 1 aliphatic heterocycles. The van der Waals surface area contributed by atoms with Crippen molar-refractivity contribution in [3.05, 3.63) is 47.0 Å². The molecular formula is C23H35N5O. The van der Waals surface area contributed by atoms with E-state index in [1.807, 2.05) is 19.2 Å². The smallest absolute Gasteiger partial charge is 0.0547 e. The molecule has 2 aromatic rings. The molecule has 1 atom stereocenters. The Morgan fingerprint density at radius 2 is 2.00 bits per heavy atom. The van der Waals surface area contributed by atoms with Crippen molar-refractivity contribution in [1.29, 1.82) is 0 Å². The molecule has 2 N–H and O–H groups in total. The van der Waals surface area contributed by atoms with Crippen LogP contribution in [0.2, 0.25) is 0 Å². The number of H-pyrrole nitrogens is 1. The van der Waals surface area contributed by atoms with Gasteiger partial charge in [0.2, 0.25) is 0 Å². The minimum absolute atomic E-state index is 0.231. The van der Waals surface area contributed by atoms with Crippen LogP contribution in [0.1, 0.15) is 67.1 Å². The van der Waals surface area contributed by atoms with Gasteiger partial charge >= 0.3 is 0 Å². The lowest BCUT2D eigenvalue weighted by atomic mass is 9.85. The summed E-state index contributed by atoms with van der Waals surface area (Å²) in [6, 6.07) is 6.60. The molecule has 0 radical (unpaired) electrons. The minimum atomic E-state index is 0.231. The summed E-state index contributed by atoms with van der Waals surface area (Å²) in [6.45, 7) is 7.14. The van der Waals surface area contributed by atoms with Crippen LogP contribution >= 0.6 is 0 Å². The summed E-state index contributed by atoms with van der Waals surface area (Å²) in [6.07, 6.45) is 9.48. The Morgan fingerprint density at radius 3 is 2.79 bits per heavy atom. The summed E-state index contributed by atoms with van der Waals surface area (Å²) < 4.78 is 0. The van der Waals surface area contributed by atoms with Crippen LogP contribution in [-0.4, -0.2) is 62.4 Å². The van der Waals surface area contributed by atoms with Crippen molar-refractivity contribution in [3.8, 4) is 0 Å². The van der Waals surface area contributed by atoms with E-state index in [9.17, 15) is 5.11 Å². The number of aromatic nitrogens is 3. The first-order valence-electron chi connectivity index (χ1n) is 11.2. The van der Waals surface area contributed by atoms with E-state index in [0.29, 0.717) is 12.0 Å². The second-order valence-corrected chi connectivity index (χ2v) is 8.79. The van der Waals surface area contributed by atoms with Crippen molar-refractivity contribution < 1.29 is 5.11 Å². The Hall–Kier alpha value is -1.76. The zero-order chi connectivity index (χ0) is 20.1. The van der Waals surface area contributed by atoms with Gasteiger partial charge in [0.05, 0.1) is 11.9 Å². The third-order valence-corrected chi connectivity index (χ3v) is 6.62. The summed E-state index contributed by atoms with van der Waals surface area (Å²) >= 11 is 0. The third-order valence-electron chi connectivity index (χ3n) is 6.62. The summed E-state index contributed by atoms with van der Waals surface area (Å²) in [4.78, 5) is 9.71. The highest BCUT2D eigenvalue weighted by Crippen LogP contribution is 2.33. The number of aryl methyl sites for hydroxylation is 1. The molecule has 1 saturated heterocycles. The molecule has 1 saturated carbocycles. The van der Waals surface area contributed by atoms with Crippen LogP contribution in [0.3, 0.4) is 0 Å². The molecule has 6 heteroatoms. The van der Waals surface area contributed by atoms with Gasteiger partial charge in [0, 0.05) is 68.2 Å². The molecule has 0 spiro atoms. The lowest BCUT2D eigenvalue weighted by molar-refractivity contribution is 0.0489. The summed E-state index contributed by atoms with van der Waals surface area (Å²) in [5, 5.41) is 17.3. The second kappa shape index (κ2) is 9.83. The van der Waals surface area contributed by atoms with Crippen LogP contribution in [0.5, 0.6) is 0 Å². The van der Waals surface area contributed by atoms with Gasteiger partial charge in [0.1, 0.15) is 0 Å². The van der Waals surface area contributed by atoms with Crippen LogP contribution < -0.4 is 0 Å². The van der Waals surface area contributed by atoms with Crippen LogP contribution in [0.4, 0.5) is 0 Å². The van der Waals surface area contributed by atoms with Crippen LogP contribution in [-0.2, 0) is 13.1 Å². The first kappa shape index (κ1) is 20.5. The highest BCUT2D eigenvalue weighted by atomic mass is 16.3. The van der Waals surface area contributed by atoms with E-state index < -0.39 is 0 Å². The second-order valence-electron chi connectivity index (χ2n) is 8.79. The lowest BCUT2D eigenvalue weighted by Gasteiger charge is -2.41. The molecule has 158 valence electrons. The largest absolute Gasteiger partial charge is 0.396 e. The van der Waals surface area contributed by atoms with Crippen molar-refractivity contribution in [2.75, 3.05) is 26.2 Å². The fourth-order valence-corrected chi connectivity index (χ4v) is 5.06. The van der Waals surface area contributed by atoms with Gasteiger partial charge in [-0.2, -0.15) is 5.10 Å². The molecule has 0 aromatic carbocycles. The predicted molar refractivity (Wildman–Crippen MR) is 115 cm³/mol. The Bertz CT molecular complexity index is 770. The number of aliphatic hydroxyl groups excluding tert-OH is 1. The fourth-order valence-electron chi connectivity index (χ4n) is 5.06. The normalized spacial score (nSPS) is 22.2. The molecule has 0 bridgehead atoms. The van der Waals surface area contributed by atoms with Gasteiger partial charge in [-0.3, -0.25) is 19.9 Å². The molecule has 0 amide bonds. The van der Waals surface area contributed by atoms with Crippen molar-refractivity contribution in [2.45, 2.75) is 70.5 Å². The van der Waals surface area contributed by atoms with E-state index >= 15 is 0 Å². The van der Waals surface area contributed by atoms with Crippen molar-refractivity contribution >= 4 is 0 Å². The molecule has 6 nitrogen and oxygen atoms in total. The monoisotopic (exact) mass is 397 g/mol. The van der Waals surface area contributed by atoms with E-state index in [4.69, 9.17) is 0 Å². The molecule has 3 heterocycles. The molecular weight excluding hydrogens is 362 g/mol. The van der Waals surface area contributed by atoms with Crippen molar-refractivity contribution in [1.82, 2.24) is 25.0 Å². The number of nitrogens with one attached hydrogen (secondary N) is 1. The predicted octanol–water partition coefficient (Wildman–Crippen LogP) is 3.23. The molecule has 2 aliphatic rings. The van der Waals surface area contributed by atoms with Gasteiger partial charge in [-0.25, -0.2) is 0 Å². The number of pyridine rings is 1. The number of piperazine rings is 1. The number of nitrogens with zero attached hydrogens (tertiary/aromatic N) is 4. The van der Waals surface area contributed by atoms with Gasteiger partial charge < -0.3 is 5.11 Å². The Kier molecular flexibility index (Phi) is 6.95. The van der Waals surface area contributed by atoms with E-state index in [1.54, 1.807) is 0 Å². The minimum Gasteiger partial charge on any atom is -0.396 e. The highest BCUT2D eigenvalue weighted by Gasteiger charge is 2.28. The maximum absolute atomic E-state index is 9.63. The maximum atomic E-state index is 9.63. The summed E-state index contributed by atoms with van der Waals surface area (Å²) in [7, 11) is 0. The Labute approximate surface area is 174 Å². The SMILES string of the molecule is Cc1cccc(CN2CCN(Cc3cn[nH]c3C3CCCCC3)CC2CCO)n1. The molecule has 4 rings (SSSR count). The number of aliphatic hydroxyl groups is 1. The quantitative estimate of drug-likeness (QED) is 0.751. The summed E-state index contributed by atoms with van der Waals surface area (Å²) in [5.41, 5.74) is 4.93. The van der Waals surface area contributed by atoms with E-state index in [1.165, 1.54) is 43.4 Å². The van der Waals surface area contributed by atoms with Crippen molar-refractivity contribution in [2.24, 2.45) is 0 Å². The van der Waals surface area contributed by atoms with Gasteiger partial charge in [0.25, 0.3) is 0 Å². The van der Waals surface area contributed by atoms with Crippen LogP contribution in [0.15, 0.2) is 24.4 Å². The third kappa shape index (κ3) is 5.24. The highest BCUT2D eigenvalue weighted by molar-refractivity contribution is 5.21. The van der Waals surface area contributed by atoms with Crippen molar-refractivity contribution in [3.63, 3.8) is 0 Å².